The Labute approximate surface area is 132 Å². The molecule has 0 amide bonds. The Morgan fingerprint density at radius 3 is 2.67 bits per heavy atom. The molecule has 0 bridgehead atoms. The lowest BCUT2D eigenvalue weighted by molar-refractivity contribution is 0.216. The van der Waals surface area contributed by atoms with E-state index in [-0.39, 0.29) is 23.6 Å². The predicted octanol–water partition coefficient (Wildman–Crippen LogP) is 4.44. The van der Waals surface area contributed by atoms with E-state index in [1.165, 1.54) is 18.3 Å². The predicted molar refractivity (Wildman–Crippen MR) is 85.7 cm³/mol. The van der Waals surface area contributed by atoms with Crippen molar-refractivity contribution < 1.29 is 9.13 Å². The van der Waals surface area contributed by atoms with E-state index in [1.807, 2.05) is 27.7 Å². The summed E-state index contributed by atoms with van der Waals surface area (Å²) >= 11 is 3.20. The first-order valence-electron chi connectivity index (χ1n) is 6.68. The largest absolute Gasteiger partial charge is 0.467 e. The number of halogens is 2. The highest BCUT2D eigenvalue weighted by atomic mass is 79.9. The van der Waals surface area contributed by atoms with Gasteiger partial charge in [-0.15, -0.1) is 0 Å². The molecule has 0 spiro atoms. The van der Waals surface area contributed by atoms with Crippen molar-refractivity contribution in [3.63, 3.8) is 0 Å². The molecule has 1 aromatic carbocycles. The molecule has 2 aromatic rings. The van der Waals surface area contributed by atoms with Crippen LogP contribution in [-0.4, -0.2) is 9.97 Å². The van der Waals surface area contributed by atoms with Crippen LogP contribution in [0.5, 0.6) is 5.88 Å². The molecule has 0 saturated heterocycles. The molecule has 4 nitrogen and oxygen atoms in total. The standard InChI is InChI=1S/C13H13BrFN3O.C2H6/c1-7-3-4-9(15)5-10(7)8(2)19-13-12(16)17-6-11(14)18-13;1-2/h3-6,8H,1-2H3,(H2,16,17);1-2H3. The number of aromatic nitrogens is 2. The Balaban J connectivity index is 0.00000106. The lowest BCUT2D eigenvalue weighted by atomic mass is 10.0. The first-order chi connectivity index (χ1) is 9.97. The van der Waals surface area contributed by atoms with Gasteiger partial charge in [0.25, 0.3) is 5.88 Å². The van der Waals surface area contributed by atoms with Gasteiger partial charge < -0.3 is 10.5 Å². The van der Waals surface area contributed by atoms with Crippen LogP contribution in [0, 0.1) is 12.7 Å². The number of hydrogen-bond acceptors (Lipinski definition) is 4. The van der Waals surface area contributed by atoms with E-state index in [0.717, 1.165) is 11.1 Å². The molecule has 0 aliphatic carbocycles. The van der Waals surface area contributed by atoms with Crippen molar-refractivity contribution in [3.05, 3.63) is 45.9 Å². The van der Waals surface area contributed by atoms with Gasteiger partial charge in [0, 0.05) is 0 Å². The van der Waals surface area contributed by atoms with Gasteiger partial charge in [0.15, 0.2) is 5.82 Å². The summed E-state index contributed by atoms with van der Waals surface area (Å²) < 4.78 is 19.5. The van der Waals surface area contributed by atoms with Crippen LogP contribution >= 0.6 is 15.9 Å². The normalized spacial score (nSPS) is 11.3. The summed E-state index contributed by atoms with van der Waals surface area (Å²) in [6.45, 7) is 7.70. The molecule has 0 fully saturated rings. The van der Waals surface area contributed by atoms with Crippen LogP contribution in [0.1, 0.15) is 38.0 Å². The highest BCUT2D eigenvalue weighted by molar-refractivity contribution is 9.10. The molecule has 0 aliphatic heterocycles. The SMILES string of the molecule is CC.Cc1ccc(F)cc1C(C)Oc1nc(Br)cnc1N. The number of ether oxygens (including phenoxy) is 1. The van der Waals surface area contributed by atoms with Crippen LogP contribution in [0.25, 0.3) is 0 Å². The Morgan fingerprint density at radius 1 is 1.33 bits per heavy atom. The van der Waals surface area contributed by atoms with Crippen molar-refractivity contribution in [2.45, 2.75) is 33.8 Å². The van der Waals surface area contributed by atoms with E-state index in [2.05, 4.69) is 25.9 Å². The number of nitrogen functional groups attached to an aromatic ring is 1. The van der Waals surface area contributed by atoms with Gasteiger partial charge in [-0.25, -0.2) is 14.4 Å². The van der Waals surface area contributed by atoms with E-state index < -0.39 is 0 Å². The van der Waals surface area contributed by atoms with Gasteiger partial charge in [0.2, 0.25) is 0 Å². The first-order valence-corrected chi connectivity index (χ1v) is 7.47. The third-order valence-electron chi connectivity index (χ3n) is 2.71. The maximum atomic E-state index is 13.3. The number of benzene rings is 1. The highest BCUT2D eigenvalue weighted by Crippen LogP contribution is 2.27. The molecule has 0 aliphatic rings. The van der Waals surface area contributed by atoms with Crippen molar-refractivity contribution in [1.29, 1.82) is 0 Å². The summed E-state index contributed by atoms with van der Waals surface area (Å²) in [5.41, 5.74) is 7.38. The number of nitrogens with two attached hydrogens (primary N) is 1. The Kier molecular flexibility index (Phi) is 6.55. The molecule has 6 heteroatoms. The van der Waals surface area contributed by atoms with E-state index in [4.69, 9.17) is 10.5 Å². The van der Waals surface area contributed by atoms with Gasteiger partial charge in [-0.2, -0.15) is 0 Å². The van der Waals surface area contributed by atoms with Crippen LogP contribution in [0.4, 0.5) is 10.2 Å². The third-order valence-corrected chi connectivity index (χ3v) is 3.09. The van der Waals surface area contributed by atoms with Crippen molar-refractivity contribution in [2.75, 3.05) is 5.73 Å². The van der Waals surface area contributed by atoms with Crippen molar-refractivity contribution >= 4 is 21.7 Å². The van der Waals surface area contributed by atoms with Crippen LogP contribution in [-0.2, 0) is 0 Å². The molecule has 21 heavy (non-hydrogen) atoms. The maximum Gasteiger partial charge on any atom is 0.258 e. The Morgan fingerprint density at radius 2 is 2.00 bits per heavy atom. The number of nitrogens with zero attached hydrogens (tertiary/aromatic N) is 2. The average Bonchev–Trinajstić information content (AvgIpc) is 2.47. The van der Waals surface area contributed by atoms with Gasteiger partial charge >= 0.3 is 0 Å². The second-order valence-corrected chi connectivity index (χ2v) is 4.96. The fourth-order valence-corrected chi connectivity index (χ4v) is 1.99. The molecule has 1 atom stereocenters. The van der Waals surface area contributed by atoms with E-state index >= 15 is 0 Å². The minimum absolute atomic E-state index is 0.198. The second-order valence-electron chi connectivity index (χ2n) is 4.14. The first kappa shape index (κ1) is 17.4. The summed E-state index contributed by atoms with van der Waals surface area (Å²) in [7, 11) is 0. The average molecular weight is 356 g/mol. The highest BCUT2D eigenvalue weighted by Gasteiger charge is 2.14. The third kappa shape index (κ3) is 4.67. The molecular weight excluding hydrogens is 337 g/mol. The molecule has 114 valence electrons. The quantitative estimate of drug-likeness (QED) is 0.884. The second kappa shape index (κ2) is 7.93. The van der Waals surface area contributed by atoms with Crippen LogP contribution in [0.2, 0.25) is 0 Å². The molecule has 2 N–H and O–H groups in total. The molecule has 0 radical (unpaired) electrons. The van der Waals surface area contributed by atoms with Gasteiger partial charge in [-0.3, -0.25) is 0 Å². The van der Waals surface area contributed by atoms with E-state index in [0.29, 0.717) is 4.60 Å². The lowest BCUT2D eigenvalue weighted by Gasteiger charge is -2.17. The number of rotatable bonds is 3. The molecule has 1 aromatic heterocycles. The zero-order valence-electron chi connectivity index (χ0n) is 12.5. The Hall–Kier alpha value is -1.69. The minimum atomic E-state index is -0.374. The number of anilines is 1. The van der Waals surface area contributed by atoms with Crippen molar-refractivity contribution in [2.24, 2.45) is 0 Å². The lowest BCUT2D eigenvalue weighted by Crippen LogP contribution is -2.09. The van der Waals surface area contributed by atoms with Crippen LogP contribution < -0.4 is 10.5 Å². The molecule has 0 saturated carbocycles. The molecule has 2 rings (SSSR count). The van der Waals surface area contributed by atoms with Crippen molar-refractivity contribution in [3.8, 4) is 5.88 Å². The number of hydrogen-bond donors (Lipinski definition) is 1. The fraction of sp³-hybridized carbons (Fsp3) is 0.333. The minimum Gasteiger partial charge on any atom is -0.467 e. The van der Waals surface area contributed by atoms with Crippen LogP contribution in [0.15, 0.2) is 29.0 Å². The summed E-state index contributed by atoms with van der Waals surface area (Å²) in [5, 5.41) is 0. The van der Waals surface area contributed by atoms with Crippen molar-refractivity contribution in [1.82, 2.24) is 9.97 Å². The summed E-state index contributed by atoms with van der Waals surface area (Å²) in [4.78, 5) is 8.04. The summed E-state index contributed by atoms with van der Waals surface area (Å²) in [6.07, 6.45) is 1.11. The molecule has 1 unspecified atom stereocenters. The van der Waals surface area contributed by atoms with Crippen LogP contribution in [0.3, 0.4) is 0 Å². The smallest absolute Gasteiger partial charge is 0.258 e. The zero-order chi connectivity index (χ0) is 16.0. The Bertz CT molecular complexity index is 607. The van der Waals surface area contributed by atoms with Gasteiger partial charge in [-0.05, 0) is 53.0 Å². The van der Waals surface area contributed by atoms with Gasteiger partial charge in [-0.1, -0.05) is 19.9 Å². The van der Waals surface area contributed by atoms with Gasteiger partial charge in [0.05, 0.1) is 6.20 Å². The molecule has 1 heterocycles. The summed E-state index contributed by atoms with van der Waals surface area (Å²) in [6, 6.07) is 4.57. The topological polar surface area (TPSA) is 61.0 Å². The maximum absolute atomic E-state index is 13.3. The van der Waals surface area contributed by atoms with E-state index in [9.17, 15) is 4.39 Å². The van der Waals surface area contributed by atoms with E-state index in [1.54, 1.807) is 6.07 Å². The fourth-order valence-electron chi connectivity index (χ4n) is 1.73. The molecular formula is C15H19BrFN3O. The summed E-state index contributed by atoms with van der Waals surface area (Å²) in [5.74, 6) is 0.124. The zero-order valence-corrected chi connectivity index (χ0v) is 14.1. The van der Waals surface area contributed by atoms with Gasteiger partial charge in [0.1, 0.15) is 16.5 Å². The monoisotopic (exact) mass is 355 g/mol. The number of aryl methyl sites for hydroxylation is 1.